The molecule has 138 valence electrons. The minimum absolute atomic E-state index is 0.0448. The lowest BCUT2D eigenvalue weighted by atomic mass is 10.0. The molecule has 0 aromatic heterocycles. The highest BCUT2D eigenvalue weighted by molar-refractivity contribution is 6.37. The van der Waals surface area contributed by atoms with Gasteiger partial charge in [-0.3, -0.25) is 9.59 Å². The molecule has 7 heteroatoms. The average Bonchev–Trinajstić information content (AvgIpc) is 3.09. The number of methoxy groups -OCH3 is 1. The van der Waals surface area contributed by atoms with Gasteiger partial charge in [-0.15, -0.1) is 0 Å². The Morgan fingerprint density at radius 3 is 2.36 bits per heavy atom. The van der Waals surface area contributed by atoms with Crippen LogP contribution in [0.3, 0.4) is 0 Å². The molecular formula is C18H24Cl2N2O3. The second-order valence-electron chi connectivity index (χ2n) is 6.63. The van der Waals surface area contributed by atoms with Crippen LogP contribution in [0.4, 0.5) is 0 Å². The highest BCUT2D eigenvalue weighted by Gasteiger charge is 2.30. The molecule has 1 saturated heterocycles. The monoisotopic (exact) mass is 386 g/mol. The van der Waals surface area contributed by atoms with E-state index in [4.69, 9.17) is 27.9 Å². The number of nitrogens with zero attached hydrogens (tertiary/aromatic N) is 1. The molecule has 2 amide bonds. The van der Waals surface area contributed by atoms with Gasteiger partial charge in [0.1, 0.15) is 11.6 Å². The van der Waals surface area contributed by atoms with Crippen molar-refractivity contribution in [3.05, 3.63) is 27.7 Å². The largest absolute Gasteiger partial charge is 0.494 e. The van der Waals surface area contributed by atoms with Crippen molar-refractivity contribution in [2.24, 2.45) is 5.92 Å². The van der Waals surface area contributed by atoms with Gasteiger partial charge in [-0.05, 0) is 37.3 Å². The lowest BCUT2D eigenvalue weighted by Crippen LogP contribution is -2.48. The van der Waals surface area contributed by atoms with Gasteiger partial charge in [-0.1, -0.05) is 37.0 Å². The molecule has 5 nitrogen and oxygen atoms in total. The van der Waals surface area contributed by atoms with Crippen molar-refractivity contribution in [3.63, 3.8) is 0 Å². The summed E-state index contributed by atoms with van der Waals surface area (Å²) in [6.45, 7) is 5.52. The van der Waals surface area contributed by atoms with Crippen LogP contribution >= 0.6 is 23.2 Å². The first-order chi connectivity index (χ1) is 11.8. The first kappa shape index (κ1) is 19.9. The third-order valence-electron chi connectivity index (χ3n) is 4.22. The maximum atomic E-state index is 12.8. The molecule has 1 heterocycles. The van der Waals surface area contributed by atoms with E-state index >= 15 is 0 Å². The number of amides is 2. The molecule has 0 unspecified atom stereocenters. The van der Waals surface area contributed by atoms with Crippen LogP contribution in [0.5, 0.6) is 5.75 Å². The Kier molecular flexibility index (Phi) is 6.96. The number of nitrogens with one attached hydrogen (secondary N) is 1. The minimum atomic E-state index is -0.592. The Morgan fingerprint density at radius 1 is 1.20 bits per heavy atom. The SMILES string of the molecule is COc1c(Cl)ccc(Cl)c1C(=O)N[C@H](CC(C)C)C(=O)N1CCCC1. The molecule has 0 radical (unpaired) electrons. The van der Waals surface area contributed by atoms with E-state index in [9.17, 15) is 9.59 Å². The molecule has 1 atom stereocenters. The van der Waals surface area contributed by atoms with Crippen molar-refractivity contribution in [2.45, 2.75) is 39.2 Å². The second-order valence-corrected chi connectivity index (χ2v) is 7.44. The quantitative estimate of drug-likeness (QED) is 0.809. The lowest BCUT2D eigenvalue weighted by Gasteiger charge is -2.25. The molecule has 1 N–H and O–H groups in total. The van der Waals surface area contributed by atoms with Crippen LogP contribution in [0.25, 0.3) is 0 Å². The fraction of sp³-hybridized carbons (Fsp3) is 0.556. The van der Waals surface area contributed by atoms with Crippen LogP contribution < -0.4 is 10.1 Å². The number of halogens is 2. The molecule has 1 fully saturated rings. The normalized spacial score (nSPS) is 15.4. The lowest BCUT2D eigenvalue weighted by molar-refractivity contribution is -0.132. The van der Waals surface area contributed by atoms with Crippen molar-refractivity contribution < 1.29 is 14.3 Å². The summed E-state index contributed by atoms with van der Waals surface area (Å²) in [5.41, 5.74) is 0.152. The predicted octanol–water partition coefficient (Wildman–Crippen LogP) is 3.77. The number of rotatable bonds is 6. The topological polar surface area (TPSA) is 58.6 Å². The number of carbonyl (C=O) groups is 2. The number of benzene rings is 1. The number of carbonyl (C=O) groups excluding carboxylic acids is 2. The molecular weight excluding hydrogens is 363 g/mol. The first-order valence-electron chi connectivity index (χ1n) is 8.46. The van der Waals surface area contributed by atoms with Crippen LogP contribution in [0, 0.1) is 5.92 Å². The Labute approximate surface area is 158 Å². The van der Waals surface area contributed by atoms with E-state index in [1.807, 2.05) is 18.7 Å². The molecule has 1 aliphatic rings. The van der Waals surface area contributed by atoms with Crippen molar-refractivity contribution in [2.75, 3.05) is 20.2 Å². The maximum Gasteiger partial charge on any atom is 0.257 e. The van der Waals surface area contributed by atoms with Gasteiger partial charge in [0.15, 0.2) is 5.75 Å². The third-order valence-corrected chi connectivity index (χ3v) is 4.83. The van der Waals surface area contributed by atoms with E-state index in [2.05, 4.69) is 5.32 Å². The minimum Gasteiger partial charge on any atom is -0.494 e. The van der Waals surface area contributed by atoms with Crippen LogP contribution in [-0.2, 0) is 4.79 Å². The Hall–Kier alpha value is -1.46. The molecule has 1 aromatic rings. The van der Waals surface area contributed by atoms with Gasteiger partial charge in [0.2, 0.25) is 5.91 Å². The Bertz CT molecular complexity index is 643. The first-order valence-corrected chi connectivity index (χ1v) is 9.22. The smallest absolute Gasteiger partial charge is 0.257 e. The van der Waals surface area contributed by atoms with Gasteiger partial charge < -0.3 is 15.0 Å². The second kappa shape index (κ2) is 8.77. The van der Waals surface area contributed by atoms with E-state index in [-0.39, 0.29) is 28.2 Å². The molecule has 2 rings (SSSR count). The average molecular weight is 387 g/mol. The Morgan fingerprint density at radius 2 is 1.80 bits per heavy atom. The zero-order valence-electron chi connectivity index (χ0n) is 14.8. The zero-order valence-corrected chi connectivity index (χ0v) is 16.3. The van der Waals surface area contributed by atoms with Crippen molar-refractivity contribution >= 4 is 35.0 Å². The summed E-state index contributed by atoms with van der Waals surface area (Å²) < 4.78 is 5.23. The fourth-order valence-electron chi connectivity index (χ4n) is 3.03. The van der Waals surface area contributed by atoms with Crippen LogP contribution in [-0.4, -0.2) is 43.0 Å². The summed E-state index contributed by atoms with van der Waals surface area (Å²) in [6.07, 6.45) is 2.56. The van der Waals surface area contributed by atoms with Crippen molar-refractivity contribution in [1.82, 2.24) is 10.2 Å². The summed E-state index contributed by atoms with van der Waals surface area (Å²) in [5.74, 6) is -0.0311. The number of likely N-dealkylation sites (tertiary alicyclic amines) is 1. The fourth-order valence-corrected chi connectivity index (χ4v) is 3.49. The summed E-state index contributed by atoms with van der Waals surface area (Å²) in [7, 11) is 1.43. The number of hydrogen-bond donors (Lipinski definition) is 1. The van der Waals surface area contributed by atoms with Gasteiger partial charge in [0.25, 0.3) is 5.91 Å². The predicted molar refractivity (Wildman–Crippen MR) is 99.5 cm³/mol. The maximum absolute atomic E-state index is 12.8. The van der Waals surface area contributed by atoms with Gasteiger partial charge >= 0.3 is 0 Å². The molecule has 0 spiro atoms. The van der Waals surface area contributed by atoms with E-state index in [1.165, 1.54) is 7.11 Å². The molecule has 0 aliphatic carbocycles. The van der Waals surface area contributed by atoms with Gasteiger partial charge in [0, 0.05) is 13.1 Å². The van der Waals surface area contributed by atoms with Crippen LogP contribution in [0.15, 0.2) is 12.1 Å². The highest BCUT2D eigenvalue weighted by Crippen LogP contribution is 2.34. The van der Waals surface area contributed by atoms with Gasteiger partial charge in [-0.2, -0.15) is 0 Å². The zero-order chi connectivity index (χ0) is 18.6. The Balaban J connectivity index is 2.25. The molecule has 1 aliphatic heterocycles. The van der Waals surface area contributed by atoms with E-state index < -0.39 is 11.9 Å². The van der Waals surface area contributed by atoms with Gasteiger partial charge in [0.05, 0.1) is 17.2 Å². The third kappa shape index (κ3) is 4.79. The van der Waals surface area contributed by atoms with Crippen LogP contribution in [0.1, 0.15) is 43.5 Å². The van der Waals surface area contributed by atoms with Gasteiger partial charge in [-0.25, -0.2) is 0 Å². The molecule has 0 saturated carbocycles. The summed E-state index contributed by atoms with van der Waals surface area (Å²) in [6, 6.07) is 2.52. The number of hydrogen-bond acceptors (Lipinski definition) is 3. The highest BCUT2D eigenvalue weighted by atomic mass is 35.5. The summed E-state index contributed by atoms with van der Waals surface area (Å²) in [4.78, 5) is 27.4. The van der Waals surface area contributed by atoms with Crippen molar-refractivity contribution in [3.8, 4) is 5.75 Å². The van der Waals surface area contributed by atoms with E-state index in [0.717, 1.165) is 25.9 Å². The van der Waals surface area contributed by atoms with Crippen LogP contribution in [0.2, 0.25) is 10.0 Å². The summed E-state index contributed by atoms with van der Waals surface area (Å²) >= 11 is 12.3. The molecule has 0 bridgehead atoms. The molecule has 25 heavy (non-hydrogen) atoms. The number of ether oxygens (including phenoxy) is 1. The summed E-state index contributed by atoms with van der Waals surface area (Å²) in [5, 5.41) is 3.36. The van der Waals surface area contributed by atoms with E-state index in [1.54, 1.807) is 12.1 Å². The van der Waals surface area contributed by atoms with Crippen molar-refractivity contribution in [1.29, 1.82) is 0 Å². The van der Waals surface area contributed by atoms with E-state index in [0.29, 0.717) is 11.4 Å². The standard InChI is InChI=1S/C18H24Cl2N2O3/c1-11(2)10-14(18(24)22-8-4-5-9-22)21-17(23)15-12(19)6-7-13(20)16(15)25-3/h6-7,11,14H,4-5,8-10H2,1-3H3,(H,21,23)/t14-/m1/s1. The molecule has 1 aromatic carbocycles.